The molecule has 0 saturated heterocycles. The summed E-state index contributed by atoms with van der Waals surface area (Å²) in [5.41, 5.74) is 2.28. The van der Waals surface area contributed by atoms with Crippen LogP contribution in [0, 0.1) is 24.2 Å². The molecule has 4 unspecified atom stereocenters. The highest BCUT2D eigenvalue weighted by atomic mass is 16.3. The first kappa shape index (κ1) is 23.5. The molecule has 0 fully saturated rings. The highest BCUT2D eigenvalue weighted by Crippen LogP contribution is 2.24. The Morgan fingerprint density at radius 3 is 2.53 bits per heavy atom. The minimum absolute atomic E-state index is 0.0271. The van der Waals surface area contributed by atoms with E-state index in [0.717, 1.165) is 24.1 Å². The normalized spacial score (nSPS) is 14.9. The van der Waals surface area contributed by atoms with Crippen molar-refractivity contribution in [2.45, 2.75) is 44.9 Å². The van der Waals surface area contributed by atoms with E-state index in [1.807, 2.05) is 56.3 Å². The zero-order valence-electron chi connectivity index (χ0n) is 17.5. The van der Waals surface area contributed by atoms with Crippen LogP contribution in [0.1, 0.15) is 48.8 Å². The van der Waals surface area contributed by atoms with Crippen LogP contribution in [0.25, 0.3) is 0 Å². The minimum atomic E-state index is -1.06. The van der Waals surface area contributed by atoms with E-state index in [0.29, 0.717) is 5.69 Å². The number of nitrogens with one attached hydrogen (secondary N) is 2. The molecule has 0 aliphatic heterocycles. The second-order valence-corrected chi connectivity index (χ2v) is 7.29. The molecule has 0 aliphatic carbocycles. The Labute approximate surface area is 177 Å². The van der Waals surface area contributed by atoms with Crippen LogP contribution in [-0.2, 0) is 4.79 Å². The molecule has 4 N–H and O–H groups in total. The second-order valence-electron chi connectivity index (χ2n) is 7.29. The Morgan fingerprint density at radius 2 is 1.93 bits per heavy atom. The summed E-state index contributed by atoms with van der Waals surface area (Å²) in [5.74, 6) is -1.47. The van der Waals surface area contributed by atoms with Crippen molar-refractivity contribution in [1.82, 2.24) is 15.6 Å². The van der Waals surface area contributed by atoms with Crippen LogP contribution >= 0.6 is 0 Å². The number of rotatable bonds is 11. The lowest BCUT2D eigenvalue weighted by Crippen LogP contribution is -2.43. The van der Waals surface area contributed by atoms with Crippen molar-refractivity contribution < 1.29 is 15.0 Å². The van der Waals surface area contributed by atoms with E-state index < -0.39 is 30.6 Å². The van der Waals surface area contributed by atoms with Crippen LogP contribution in [0.15, 0.2) is 48.5 Å². The van der Waals surface area contributed by atoms with Crippen LogP contribution in [-0.4, -0.2) is 40.4 Å². The zero-order chi connectivity index (χ0) is 21.9. The average molecular weight is 411 g/mol. The van der Waals surface area contributed by atoms with Crippen LogP contribution in [0.4, 0.5) is 0 Å². The second kappa shape index (κ2) is 12.0. The van der Waals surface area contributed by atoms with Gasteiger partial charge in [-0.05, 0) is 31.0 Å². The minimum Gasteiger partial charge on any atom is -0.394 e. The molecule has 0 bridgehead atoms. The smallest absolute Gasteiger partial charge is 0.239 e. The molecule has 1 heterocycles. The summed E-state index contributed by atoms with van der Waals surface area (Å²) < 4.78 is 0. The Hall–Kier alpha value is -2.79. The van der Waals surface area contributed by atoms with Crippen LogP contribution in [0.3, 0.4) is 0 Å². The molecule has 7 heteroatoms. The fourth-order valence-corrected chi connectivity index (χ4v) is 3.30. The molecule has 1 aromatic heterocycles. The number of aromatic nitrogens is 1. The predicted molar refractivity (Wildman–Crippen MR) is 114 cm³/mol. The molecule has 0 aliphatic rings. The van der Waals surface area contributed by atoms with E-state index in [9.17, 15) is 15.2 Å². The average Bonchev–Trinajstić information content (AvgIpc) is 2.76. The van der Waals surface area contributed by atoms with Gasteiger partial charge in [0.25, 0.3) is 0 Å². The molecule has 2 rings (SSSR count). The summed E-state index contributed by atoms with van der Waals surface area (Å²) in [6.07, 6.45) is 0.621. The number of hydrogen-bond donors (Lipinski definition) is 4. The van der Waals surface area contributed by atoms with E-state index in [4.69, 9.17) is 5.11 Å². The molecule has 2 aromatic rings. The molecule has 0 saturated carbocycles. The lowest BCUT2D eigenvalue weighted by Gasteiger charge is -2.26. The first-order valence-corrected chi connectivity index (χ1v) is 10.2. The lowest BCUT2D eigenvalue weighted by molar-refractivity contribution is -0.125. The standard InChI is InChI=1S/C23H30N4O3/c1-3-8-20(17-10-5-4-6-11-17)27-23(30)19(13-24)22(25-14-18(29)15-28)21-12-7-9-16(2)26-21/h4-7,9-12,18-20,22,25,28-29H,3,8,14-15H2,1-2H3,(H,27,30). The summed E-state index contributed by atoms with van der Waals surface area (Å²) in [5, 5.41) is 34.8. The summed E-state index contributed by atoms with van der Waals surface area (Å²) in [6.45, 7) is 3.48. The van der Waals surface area contributed by atoms with E-state index >= 15 is 0 Å². The van der Waals surface area contributed by atoms with Crippen molar-refractivity contribution in [2.75, 3.05) is 13.2 Å². The number of nitrogens with zero attached hydrogens (tertiary/aromatic N) is 2. The highest BCUT2D eigenvalue weighted by molar-refractivity contribution is 5.82. The number of carbonyl (C=O) groups is 1. The van der Waals surface area contributed by atoms with Gasteiger partial charge < -0.3 is 20.8 Å². The molecule has 0 spiro atoms. The number of aliphatic hydroxyl groups is 2. The number of amides is 1. The molecule has 7 nitrogen and oxygen atoms in total. The molecule has 4 atom stereocenters. The summed E-state index contributed by atoms with van der Waals surface area (Å²) in [4.78, 5) is 17.6. The van der Waals surface area contributed by atoms with Gasteiger partial charge in [0.1, 0.15) is 5.92 Å². The summed E-state index contributed by atoms with van der Waals surface area (Å²) in [6, 6.07) is 16.2. The number of aliphatic hydroxyl groups excluding tert-OH is 2. The van der Waals surface area contributed by atoms with Gasteiger partial charge in [-0.2, -0.15) is 5.26 Å². The van der Waals surface area contributed by atoms with E-state index in [1.165, 1.54) is 0 Å². The lowest BCUT2D eigenvalue weighted by atomic mass is 9.94. The van der Waals surface area contributed by atoms with Crippen LogP contribution < -0.4 is 10.6 Å². The van der Waals surface area contributed by atoms with Gasteiger partial charge in [0.2, 0.25) is 5.91 Å². The number of aryl methyl sites for hydroxylation is 1. The Kier molecular flexibility index (Phi) is 9.42. The summed E-state index contributed by atoms with van der Waals surface area (Å²) >= 11 is 0. The van der Waals surface area contributed by atoms with Gasteiger partial charge in [-0.1, -0.05) is 49.7 Å². The first-order valence-electron chi connectivity index (χ1n) is 10.2. The van der Waals surface area contributed by atoms with Crippen molar-refractivity contribution in [2.24, 2.45) is 5.92 Å². The van der Waals surface area contributed by atoms with Crippen molar-refractivity contribution in [3.05, 3.63) is 65.5 Å². The maximum absolute atomic E-state index is 13.1. The van der Waals surface area contributed by atoms with Gasteiger partial charge in [-0.3, -0.25) is 9.78 Å². The third-order valence-corrected chi connectivity index (χ3v) is 4.86. The number of nitriles is 1. The largest absolute Gasteiger partial charge is 0.394 e. The molecule has 0 radical (unpaired) electrons. The molecule has 1 amide bonds. The van der Waals surface area contributed by atoms with Gasteiger partial charge in [-0.15, -0.1) is 0 Å². The molecule has 1 aromatic carbocycles. The zero-order valence-corrected chi connectivity index (χ0v) is 17.5. The number of benzene rings is 1. The molecule has 30 heavy (non-hydrogen) atoms. The van der Waals surface area contributed by atoms with E-state index in [1.54, 1.807) is 6.07 Å². The van der Waals surface area contributed by atoms with E-state index in [2.05, 4.69) is 21.7 Å². The van der Waals surface area contributed by atoms with Crippen molar-refractivity contribution >= 4 is 5.91 Å². The quantitative estimate of drug-likeness (QED) is 0.451. The van der Waals surface area contributed by atoms with Gasteiger partial charge >= 0.3 is 0 Å². The Balaban J connectivity index is 2.27. The SMILES string of the molecule is CCCC(NC(=O)C(C#N)C(NCC(O)CO)c1cccc(C)n1)c1ccccc1. The third kappa shape index (κ3) is 6.63. The maximum Gasteiger partial charge on any atom is 0.239 e. The van der Waals surface area contributed by atoms with Crippen molar-refractivity contribution in [3.63, 3.8) is 0 Å². The number of carbonyl (C=O) groups excluding carboxylic acids is 1. The highest BCUT2D eigenvalue weighted by Gasteiger charge is 2.32. The number of hydrogen-bond acceptors (Lipinski definition) is 6. The number of pyridine rings is 1. The predicted octanol–water partition coefficient (Wildman–Crippen LogP) is 2.17. The van der Waals surface area contributed by atoms with Crippen LogP contribution in [0.5, 0.6) is 0 Å². The maximum atomic E-state index is 13.1. The Bertz CT molecular complexity index is 838. The van der Waals surface area contributed by atoms with Crippen molar-refractivity contribution in [3.8, 4) is 6.07 Å². The topological polar surface area (TPSA) is 118 Å². The summed E-state index contributed by atoms with van der Waals surface area (Å²) in [7, 11) is 0. The first-order chi connectivity index (χ1) is 14.5. The van der Waals surface area contributed by atoms with Gasteiger partial charge in [0, 0.05) is 12.2 Å². The molecule has 160 valence electrons. The molecular weight excluding hydrogens is 380 g/mol. The van der Waals surface area contributed by atoms with Crippen molar-refractivity contribution in [1.29, 1.82) is 5.26 Å². The van der Waals surface area contributed by atoms with Crippen LogP contribution in [0.2, 0.25) is 0 Å². The van der Waals surface area contributed by atoms with E-state index in [-0.39, 0.29) is 12.6 Å². The monoisotopic (exact) mass is 410 g/mol. The fourth-order valence-electron chi connectivity index (χ4n) is 3.30. The fraction of sp³-hybridized carbons (Fsp3) is 0.435. The van der Waals surface area contributed by atoms with Gasteiger partial charge in [-0.25, -0.2) is 0 Å². The van der Waals surface area contributed by atoms with Gasteiger partial charge in [0.15, 0.2) is 0 Å². The van der Waals surface area contributed by atoms with Gasteiger partial charge in [0.05, 0.1) is 36.6 Å². The molecular formula is C23H30N4O3. The third-order valence-electron chi connectivity index (χ3n) is 4.86. The Morgan fingerprint density at radius 1 is 1.20 bits per heavy atom.